The van der Waals surface area contributed by atoms with Crippen molar-refractivity contribution in [2.45, 2.75) is 0 Å². The molecule has 110 valence electrons. The van der Waals surface area contributed by atoms with Crippen LogP contribution >= 0.6 is 11.6 Å². The van der Waals surface area contributed by atoms with Gasteiger partial charge < -0.3 is 0 Å². The lowest BCUT2D eigenvalue weighted by Gasteiger charge is -2.07. The molecule has 1 heterocycles. The predicted octanol–water partition coefficient (Wildman–Crippen LogP) is 5.62. The number of rotatable bonds is 2. The fourth-order valence-corrected chi connectivity index (χ4v) is 2.35. The summed E-state index contributed by atoms with van der Waals surface area (Å²) < 4.78 is 79.4. The van der Waals surface area contributed by atoms with E-state index in [0.29, 0.717) is 10.9 Å². The van der Waals surface area contributed by atoms with Crippen molar-refractivity contribution in [2.75, 3.05) is 0 Å². The predicted molar refractivity (Wildman–Crippen MR) is 95.4 cm³/mol. The molecule has 0 N–H and O–H groups in total. The van der Waals surface area contributed by atoms with Crippen molar-refractivity contribution in [1.82, 2.24) is 9.97 Å². The van der Waals surface area contributed by atoms with Gasteiger partial charge in [-0.1, -0.05) is 78.1 Å². The van der Waals surface area contributed by atoms with Crippen molar-refractivity contribution >= 4 is 22.5 Å². The highest BCUT2D eigenvalue weighted by Crippen LogP contribution is 2.29. The van der Waals surface area contributed by atoms with Crippen LogP contribution in [0.2, 0.25) is 5.15 Å². The van der Waals surface area contributed by atoms with Crippen LogP contribution < -0.4 is 0 Å². The minimum absolute atomic E-state index is 0.00587. The lowest BCUT2D eigenvalue weighted by molar-refractivity contribution is 1.23. The van der Waals surface area contributed by atoms with Gasteiger partial charge in [0.1, 0.15) is 5.15 Å². The number of fused-ring (bicyclic) bond motifs is 1. The molecule has 3 heteroatoms. The Bertz CT molecular complexity index is 1430. The van der Waals surface area contributed by atoms with Crippen LogP contribution in [0.15, 0.2) is 78.6 Å². The molecular formula is C20H13ClN2. The number of hydrogen-bond acceptors (Lipinski definition) is 2. The summed E-state index contributed by atoms with van der Waals surface area (Å²) >= 11 is 6.35. The molecule has 0 aliphatic rings. The van der Waals surface area contributed by atoms with E-state index >= 15 is 0 Å². The van der Waals surface area contributed by atoms with E-state index in [-0.39, 0.29) is 39.7 Å². The molecule has 2 nitrogen and oxygen atoms in total. The summed E-state index contributed by atoms with van der Waals surface area (Å²) in [6.45, 7) is 0. The first kappa shape index (κ1) is 6.81. The van der Waals surface area contributed by atoms with E-state index in [4.69, 9.17) is 25.3 Å². The highest BCUT2D eigenvalue weighted by atomic mass is 35.5. The molecule has 1 aromatic heterocycles. The monoisotopic (exact) mass is 326 g/mol. The topological polar surface area (TPSA) is 25.8 Å². The summed E-state index contributed by atoms with van der Waals surface area (Å²) in [5, 5.41) is 0.216. The van der Waals surface area contributed by atoms with Gasteiger partial charge in [0, 0.05) is 10.9 Å². The molecule has 0 saturated carbocycles. The quantitative estimate of drug-likeness (QED) is 0.447. The Kier molecular flexibility index (Phi) is 1.72. The Morgan fingerprint density at radius 3 is 2.09 bits per heavy atom. The Morgan fingerprint density at radius 1 is 0.739 bits per heavy atom. The first-order valence-corrected chi connectivity index (χ1v) is 6.95. The first-order valence-electron chi connectivity index (χ1n) is 11.6. The summed E-state index contributed by atoms with van der Waals surface area (Å²) in [4.78, 5) is 8.43. The number of hydrogen-bond donors (Lipinski definition) is 0. The van der Waals surface area contributed by atoms with Crippen LogP contribution in [-0.2, 0) is 0 Å². The van der Waals surface area contributed by atoms with E-state index in [9.17, 15) is 0 Å². The van der Waals surface area contributed by atoms with Crippen molar-refractivity contribution in [3.05, 3.63) is 83.8 Å². The maximum Gasteiger partial charge on any atom is 0.161 e. The molecule has 23 heavy (non-hydrogen) atoms. The van der Waals surface area contributed by atoms with E-state index in [2.05, 4.69) is 9.97 Å². The van der Waals surface area contributed by atoms with Crippen LogP contribution in [0.3, 0.4) is 0 Å². The SMILES string of the molecule is [2H]c1c([2H])c([2H])c(-c2ccc3nc(-c4c([2H])c([2H])c([2H])c([2H])c4[2H])nc(Cl)c3c2)c([2H])c1[2H]. The number of nitrogens with zero attached hydrogens (tertiary/aromatic N) is 2. The van der Waals surface area contributed by atoms with Gasteiger partial charge in [-0.2, -0.15) is 0 Å². The maximum atomic E-state index is 8.16. The van der Waals surface area contributed by atoms with Crippen LogP contribution in [0.25, 0.3) is 33.4 Å². The zero-order valence-corrected chi connectivity index (χ0v) is 12.3. The third-order valence-electron chi connectivity index (χ3n) is 3.16. The van der Waals surface area contributed by atoms with Gasteiger partial charge >= 0.3 is 0 Å². The van der Waals surface area contributed by atoms with Gasteiger partial charge in [-0.05, 0) is 23.3 Å². The lowest BCUT2D eigenvalue weighted by atomic mass is 10.0. The number of benzene rings is 3. The Labute approximate surface area is 153 Å². The molecule has 0 unspecified atom stereocenters. The normalized spacial score (nSPS) is 16.9. The molecular weight excluding hydrogens is 304 g/mol. The van der Waals surface area contributed by atoms with Gasteiger partial charge in [-0.25, -0.2) is 9.97 Å². The fraction of sp³-hybridized carbons (Fsp3) is 0. The highest BCUT2D eigenvalue weighted by molar-refractivity contribution is 6.34. The summed E-state index contributed by atoms with van der Waals surface area (Å²) in [6, 6.07) is -0.205. The third kappa shape index (κ3) is 2.69. The van der Waals surface area contributed by atoms with Gasteiger partial charge in [0.05, 0.1) is 19.2 Å². The van der Waals surface area contributed by atoms with Gasteiger partial charge in [-0.15, -0.1) is 0 Å². The minimum Gasteiger partial charge on any atom is -0.228 e. The summed E-state index contributed by atoms with van der Waals surface area (Å²) in [6.07, 6.45) is 0. The second-order valence-electron chi connectivity index (χ2n) is 4.57. The van der Waals surface area contributed by atoms with Crippen LogP contribution in [0.5, 0.6) is 0 Å². The van der Waals surface area contributed by atoms with E-state index in [1.807, 2.05) is 0 Å². The van der Waals surface area contributed by atoms with Gasteiger partial charge in [0.15, 0.2) is 5.82 Å². The summed E-state index contributed by atoms with van der Waals surface area (Å²) in [7, 11) is 0. The summed E-state index contributed by atoms with van der Waals surface area (Å²) in [5.74, 6) is -0.153. The second-order valence-corrected chi connectivity index (χ2v) is 4.93. The largest absolute Gasteiger partial charge is 0.228 e. The number of halogens is 1. The molecule has 4 rings (SSSR count). The van der Waals surface area contributed by atoms with Crippen molar-refractivity contribution in [1.29, 1.82) is 0 Å². The minimum atomic E-state index is -0.538. The molecule has 4 aromatic rings. The van der Waals surface area contributed by atoms with Crippen LogP contribution in [0.4, 0.5) is 0 Å². The highest BCUT2D eigenvalue weighted by Gasteiger charge is 2.09. The zero-order chi connectivity index (χ0) is 24.4. The average Bonchev–Trinajstić information content (AvgIpc) is 2.79. The van der Waals surface area contributed by atoms with E-state index in [1.165, 1.54) is 18.2 Å². The van der Waals surface area contributed by atoms with Crippen LogP contribution in [0.1, 0.15) is 13.7 Å². The molecule has 0 amide bonds. The molecule has 0 spiro atoms. The Morgan fingerprint density at radius 2 is 1.39 bits per heavy atom. The third-order valence-corrected chi connectivity index (χ3v) is 3.45. The zero-order valence-electron chi connectivity index (χ0n) is 21.5. The molecule has 0 fully saturated rings. The van der Waals surface area contributed by atoms with Crippen molar-refractivity contribution in [3.8, 4) is 22.5 Å². The fourth-order valence-electron chi connectivity index (χ4n) is 2.11. The van der Waals surface area contributed by atoms with Gasteiger partial charge in [0.25, 0.3) is 0 Å². The van der Waals surface area contributed by atoms with Gasteiger partial charge in [-0.3, -0.25) is 0 Å². The Balaban J connectivity index is 1.95. The van der Waals surface area contributed by atoms with E-state index in [0.717, 1.165) is 0 Å². The Hall–Kier alpha value is -2.71. The summed E-state index contributed by atoms with van der Waals surface area (Å²) in [5.41, 5.74) is 0.390. The van der Waals surface area contributed by atoms with E-state index in [1.54, 1.807) is 0 Å². The smallest absolute Gasteiger partial charge is 0.161 e. The van der Waals surface area contributed by atoms with Crippen LogP contribution in [0, 0.1) is 0 Å². The van der Waals surface area contributed by atoms with Gasteiger partial charge in [0.2, 0.25) is 0 Å². The first-order chi connectivity index (χ1) is 15.5. The molecule has 0 radical (unpaired) electrons. The maximum absolute atomic E-state index is 8.16. The lowest BCUT2D eigenvalue weighted by Crippen LogP contribution is -1.92. The second kappa shape index (κ2) is 5.82. The molecule has 0 atom stereocenters. The molecule has 0 saturated heterocycles. The standard InChI is InChI=1S/C20H13ClN2/c21-19-17-13-16(14-7-3-1-4-8-14)11-12-18(17)22-20(23-19)15-9-5-2-6-10-15/h1-13H/i1D,2D,3D,4D,5D,6D,7D,8D,9D,10D. The molecule has 0 bridgehead atoms. The van der Waals surface area contributed by atoms with Crippen molar-refractivity contribution < 1.29 is 13.7 Å². The van der Waals surface area contributed by atoms with Crippen LogP contribution in [-0.4, -0.2) is 9.97 Å². The van der Waals surface area contributed by atoms with E-state index < -0.39 is 48.3 Å². The average molecular weight is 327 g/mol. The molecule has 0 aliphatic carbocycles. The molecule has 3 aromatic carbocycles. The van der Waals surface area contributed by atoms with Crippen molar-refractivity contribution in [3.63, 3.8) is 0 Å². The molecule has 0 aliphatic heterocycles. The van der Waals surface area contributed by atoms with Crippen molar-refractivity contribution in [2.24, 2.45) is 0 Å². The number of aromatic nitrogens is 2.